The van der Waals surface area contributed by atoms with Gasteiger partial charge < -0.3 is 10.4 Å². The number of pyridine rings is 1. The molecule has 4 heteroatoms. The minimum absolute atomic E-state index is 0.144. The van der Waals surface area contributed by atoms with Crippen molar-refractivity contribution in [1.82, 2.24) is 10.3 Å². The summed E-state index contributed by atoms with van der Waals surface area (Å²) in [6.45, 7) is 2.61. The lowest BCUT2D eigenvalue weighted by Gasteiger charge is -2.14. The fraction of sp³-hybridized carbons (Fsp3) is 0.214. The van der Waals surface area contributed by atoms with Gasteiger partial charge in [-0.05, 0) is 24.6 Å². The Morgan fingerprint density at radius 2 is 2.17 bits per heavy atom. The van der Waals surface area contributed by atoms with Gasteiger partial charge in [0.2, 0.25) is 0 Å². The summed E-state index contributed by atoms with van der Waals surface area (Å²) in [5.74, 6) is 0.144. The highest BCUT2D eigenvalue weighted by Crippen LogP contribution is 2.27. The van der Waals surface area contributed by atoms with Crippen molar-refractivity contribution in [2.45, 2.75) is 19.5 Å². The van der Waals surface area contributed by atoms with Crippen LogP contribution in [-0.2, 0) is 6.54 Å². The molecule has 0 amide bonds. The maximum atomic E-state index is 9.80. The second kappa shape index (κ2) is 5.85. The number of hydrogen-bond acceptors (Lipinski definition) is 3. The molecule has 0 unspecified atom stereocenters. The van der Waals surface area contributed by atoms with E-state index in [2.05, 4.69) is 17.2 Å². The smallest absolute Gasteiger partial charge is 0.138 e. The molecule has 0 radical (unpaired) electrons. The van der Waals surface area contributed by atoms with E-state index in [0.717, 1.165) is 11.1 Å². The van der Waals surface area contributed by atoms with Crippen LogP contribution < -0.4 is 5.32 Å². The number of aromatic nitrogens is 1. The molecule has 0 aliphatic carbocycles. The van der Waals surface area contributed by atoms with E-state index in [0.29, 0.717) is 11.6 Å². The fourth-order valence-corrected chi connectivity index (χ4v) is 1.91. The molecule has 1 heterocycles. The molecule has 2 rings (SSSR count). The third-order valence-electron chi connectivity index (χ3n) is 2.85. The number of phenolic OH excluding ortho intramolecular Hbond substituents is 1. The lowest BCUT2D eigenvalue weighted by Crippen LogP contribution is -2.18. The number of para-hydroxylation sites is 1. The molecular formula is C14H15ClN2O. The van der Waals surface area contributed by atoms with Crippen molar-refractivity contribution in [3.05, 3.63) is 58.9 Å². The Kier molecular flexibility index (Phi) is 4.18. The van der Waals surface area contributed by atoms with Crippen molar-refractivity contribution in [3.63, 3.8) is 0 Å². The van der Waals surface area contributed by atoms with Gasteiger partial charge in [0.1, 0.15) is 5.75 Å². The third kappa shape index (κ3) is 3.00. The predicted octanol–water partition coefficient (Wildman–Crippen LogP) is 3.29. The van der Waals surface area contributed by atoms with Crippen molar-refractivity contribution in [1.29, 1.82) is 0 Å². The van der Waals surface area contributed by atoms with E-state index in [-0.39, 0.29) is 11.8 Å². The van der Waals surface area contributed by atoms with Gasteiger partial charge in [-0.2, -0.15) is 0 Å². The average molecular weight is 263 g/mol. The first-order valence-electron chi connectivity index (χ1n) is 5.78. The van der Waals surface area contributed by atoms with E-state index in [1.165, 1.54) is 0 Å². The molecule has 94 valence electrons. The van der Waals surface area contributed by atoms with E-state index < -0.39 is 0 Å². The highest BCUT2D eigenvalue weighted by Gasteiger charge is 2.08. The van der Waals surface area contributed by atoms with Gasteiger partial charge >= 0.3 is 0 Å². The summed E-state index contributed by atoms with van der Waals surface area (Å²) < 4.78 is 0. The zero-order valence-corrected chi connectivity index (χ0v) is 10.9. The van der Waals surface area contributed by atoms with Crippen molar-refractivity contribution in [2.75, 3.05) is 0 Å². The van der Waals surface area contributed by atoms with Crippen molar-refractivity contribution in [3.8, 4) is 5.75 Å². The highest BCUT2D eigenvalue weighted by molar-refractivity contribution is 6.32. The van der Waals surface area contributed by atoms with Crippen LogP contribution in [0, 0.1) is 0 Å². The van der Waals surface area contributed by atoms with E-state index in [1.807, 2.05) is 30.5 Å². The van der Waals surface area contributed by atoms with Crippen LogP contribution in [0.2, 0.25) is 5.02 Å². The van der Waals surface area contributed by atoms with E-state index in [1.54, 1.807) is 12.3 Å². The summed E-state index contributed by atoms with van der Waals surface area (Å²) >= 11 is 5.86. The molecule has 3 nitrogen and oxygen atoms in total. The van der Waals surface area contributed by atoms with Crippen LogP contribution in [0.25, 0.3) is 0 Å². The molecule has 0 aliphatic heterocycles. The first kappa shape index (κ1) is 12.9. The van der Waals surface area contributed by atoms with Crippen LogP contribution in [0.5, 0.6) is 5.75 Å². The molecule has 18 heavy (non-hydrogen) atoms. The minimum atomic E-state index is 0.144. The predicted molar refractivity (Wildman–Crippen MR) is 72.6 cm³/mol. The lowest BCUT2D eigenvalue weighted by molar-refractivity contribution is 0.460. The number of rotatable bonds is 4. The van der Waals surface area contributed by atoms with E-state index >= 15 is 0 Å². The van der Waals surface area contributed by atoms with Crippen LogP contribution >= 0.6 is 11.6 Å². The third-order valence-corrected chi connectivity index (χ3v) is 3.16. The van der Waals surface area contributed by atoms with Crippen LogP contribution in [-0.4, -0.2) is 10.1 Å². The Morgan fingerprint density at radius 1 is 1.33 bits per heavy atom. The number of hydrogen-bond donors (Lipinski definition) is 2. The normalized spacial score (nSPS) is 12.3. The van der Waals surface area contributed by atoms with Crippen molar-refractivity contribution < 1.29 is 5.11 Å². The molecule has 0 saturated carbocycles. The zero-order chi connectivity index (χ0) is 13.0. The topological polar surface area (TPSA) is 45.1 Å². The number of nitrogens with zero attached hydrogens (tertiary/aromatic N) is 1. The number of benzene rings is 1. The van der Waals surface area contributed by atoms with Gasteiger partial charge in [0, 0.05) is 30.5 Å². The summed E-state index contributed by atoms with van der Waals surface area (Å²) in [5, 5.41) is 13.5. The Bertz CT molecular complexity index is 516. The van der Waals surface area contributed by atoms with Crippen LogP contribution in [0.1, 0.15) is 24.1 Å². The summed E-state index contributed by atoms with van der Waals surface area (Å²) in [7, 11) is 0. The quantitative estimate of drug-likeness (QED) is 0.889. The standard InChI is InChI=1S/C14H15ClN2O/c1-10(11-5-3-7-16-8-11)17-9-12-4-2-6-13(15)14(12)18/h2-8,10,17-18H,9H2,1H3/t10-/m1/s1. The fourth-order valence-electron chi connectivity index (χ4n) is 1.72. The number of halogens is 1. The molecule has 2 N–H and O–H groups in total. The van der Waals surface area contributed by atoms with Crippen LogP contribution in [0.4, 0.5) is 0 Å². The second-order valence-corrected chi connectivity index (χ2v) is 4.54. The van der Waals surface area contributed by atoms with Crippen LogP contribution in [0.15, 0.2) is 42.7 Å². The molecular weight excluding hydrogens is 248 g/mol. The first-order valence-corrected chi connectivity index (χ1v) is 6.16. The zero-order valence-electron chi connectivity index (χ0n) is 10.1. The van der Waals surface area contributed by atoms with Gasteiger partial charge in [-0.3, -0.25) is 4.98 Å². The van der Waals surface area contributed by atoms with E-state index in [9.17, 15) is 5.11 Å². The molecule has 0 saturated heterocycles. The second-order valence-electron chi connectivity index (χ2n) is 4.14. The maximum Gasteiger partial charge on any atom is 0.138 e. The number of aromatic hydroxyl groups is 1. The Balaban J connectivity index is 2.02. The monoisotopic (exact) mass is 262 g/mol. The summed E-state index contributed by atoms with van der Waals surface area (Å²) in [5.41, 5.74) is 1.90. The van der Waals surface area contributed by atoms with Crippen molar-refractivity contribution >= 4 is 11.6 Å². The minimum Gasteiger partial charge on any atom is -0.506 e. The Morgan fingerprint density at radius 3 is 2.89 bits per heavy atom. The van der Waals surface area contributed by atoms with E-state index in [4.69, 9.17) is 11.6 Å². The van der Waals surface area contributed by atoms with Gasteiger partial charge in [-0.25, -0.2) is 0 Å². The maximum absolute atomic E-state index is 9.80. The average Bonchev–Trinajstić information content (AvgIpc) is 2.41. The molecule has 1 atom stereocenters. The SMILES string of the molecule is C[C@@H](NCc1cccc(Cl)c1O)c1cccnc1. The summed E-state index contributed by atoms with van der Waals surface area (Å²) in [4.78, 5) is 4.08. The Labute approximate surface area is 111 Å². The molecule has 2 aromatic rings. The van der Waals surface area contributed by atoms with Gasteiger partial charge in [0.05, 0.1) is 5.02 Å². The molecule has 0 bridgehead atoms. The number of phenols is 1. The molecule has 0 aliphatic rings. The Hall–Kier alpha value is -1.58. The lowest BCUT2D eigenvalue weighted by atomic mass is 10.1. The molecule has 0 spiro atoms. The van der Waals surface area contributed by atoms with Crippen molar-refractivity contribution in [2.24, 2.45) is 0 Å². The largest absolute Gasteiger partial charge is 0.506 e. The summed E-state index contributed by atoms with van der Waals surface area (Å²) in [6.07, 6.45) is 3.58. The van der Waals surface area contributed by atoms with Crippen LogP contribution in [0.3, 0.4) is 0 Å². The summed E-state index contributed by atoms with van der Waals surface area (Å²) in [6, 6.07) is 9.44. The van der Waals surface area contributed by atoms with Gasteiger partial charge in [0.15, 0.2) is 0 Å². The van der Waals surface area contributed by atoms with Gasteiger partial charge in [-0.15, -0.1) is 0 Å². The van der Waals surface area contributed by atoms with Gasteiger partial charge in [-0.1, -0.05) is 29.8 Å². The number of nitrogens with one attached hydrogen (secondary N) is 1. The van der Waals surface area contributed by atoms with Gasteiger partial charge in [0.25, 0.3) is 0 Å². The first-order chi connectivity index (χ1) is 8.68. The molecule has 1 aromatic heterocycles. The molecule has 0 fully saturated rings. The molecule has 1 aromatic carbocycles. The highest BCUT2D eigenvalue weighted by atomic mass is 35.5.